The molecule has 4 nitrogen and oxygen atoms in total. The van der Waals surface area contributed by atoms with Crippen LogP contribution in [0, 0.1) is 0 Å². The van der Waals surface area contributed by atoms with E-state index in [9.17, 15) is 5.11 Å². The van der Waals surface area contributed by atoms with Crippen LogP contribution in [-0.4, -0.2) is 21.2 Å². The molecule has 2 N–H and O–H groups in total. The smallest absolute Gasteiger partial charge is 0.100 e. The summed E-state index contributed by atoms with van der Waals surface area (Å²) in [5.41, 5.74) is 2.38. The summed E-state index contributed by atoms with van der Waals surface area (Å²) in [7, 11) is 0. The van der Waals surface area contributed by atoms with Crippen molar-refractivity contribution in [3.05, 3.63) is 70.9 Å². The van der Waals surface area contributed by atoms with Gasteiger partial charge in [0.05, 0.1) is 6.33 Å². The summed E-state index contributed by atoms with van der Waals surface area (Å²) in [6, 6.07) is 10.5. The Kier molecular flexibility index (Phi) is 4.61. The highest BCUT2D eigenvalue weighted by Crippen LogP contribution is 2.23. The molecule has 0 amide bonds. The van der Waals surface area contributed by atoms with Crippen LogP contribution >= 0.6 is 11.3 Å². The van der Waals surface area contributed by atoms with E-state index in [2.05, 4.69) is 41.5 Å². The van der Waals surface area contributed by atoms with E-state index in [-0.39, 0.29) is 6.04 Å². The molecule has 5 heteroatoms. The van der Waals surface area contributed by atoms with Crippen molar-refractivity contribution in [3.8, 4) is 5.69 Å². The number of hydrogen-bond donors (Lipinski definition) is 2. The molecule has 0 fully saturated rings. The van der Waals surface area contributed by atoms with Crippen LogP contribution < -0.4 is 5.32 Å². The van der Waals surface area contributed by atoms with Crippen LogP contribution in [0.1, 0.15) is 31.0 Å². The van der Waals surface area contributed by atoms with E-state index in [0.29, 0.717) is 6.54 Å². The lowest BCUT2D eigenvalue weighted by Crippen LogP contribution is -2.36. The summed E-state index contributed by atoms with van der Waals surface area (Å²) in [5.74, 6) is 0. The normalized spacial score (nSPS) is 15.3. The zero-order valence-corrected chi connectivity index (χ0v) is 14.1. The molecular formula is C18H21N3OS. The number of benzene rings is 1. The van der Waals surface area contributed by atoms with Gasteiger partial charge in [0.15, 0.2) is 0 Å². The van der Waals surface area contributed by atoms with Gasteiger partial charge in [0.25, 0.3) is 0 Å². The summed E-state index contributed by atoms with van der Waals surface area (Å²) in [5, 5.41) is 18.0. The lowest BCUT2D eigenvalue weighted by Gasteiger charge is -2.25. The lowest BCUT2D eigenvalue weighted by atomic mass is 9.98. The molecule has 3 aromatic rings. The van der Waals surface area contributed by atoms with Crippen molar-refractivity contribution in [2.45, 2.75) is 25.5 Å². The van der Waals surface area contributed by atoms with E-state index < -0.39 is 5.60 Å². The second-order valence-electron chi connectivity index (χ2n) is 5.95. The van der Waals surface area contributed by atoms with Crippen LogP contribution in [0.15, 0.2) is 59.8 Å². The summed E-state index contributed by atoms with van der Waals surface area (Å²) >= 11 is 1.60. The standard InChI is InChI=1S/C18H21N3OS/c1-14(20-12-18(2,22)16-7-10-23-11-16)15-3-5-17(6-4-15)21-9-8-19-13-21/h3-11,13-14,20,22H,12H2,1-2H3/t14-,18-/m1/s1. The number of nitrogens with one attached hydrogen (secondary N) is 1. The molecule has 2 heterocycles. The van der Waals surface area contributed by atoms with Crippen molar-refractivity contribution < 1.29 is 5.11 Å². The fourth-order valence-electron chi connectivity index (χ4n) is 2.49. The van der Waals surface area contributed by atoms with Crippen LogP contribution in [0.2, 0.25) is 0 Å². The van der Waals surface area contributed by atoms with Gasteiger partial charge in [-0.2, -0.15) is 11.3 Å². The summed E-state index contributed by atoms with van der Waals surface area (Å²) in [6.07, 6.45) is 5.48. The van der Waals surface area contributed by atoms with Crippen molar-refractivity contribution in [1.29, 1.82) is 0 Å². The third kappa shape index (κ3) is 3.69. The first kappa shape index (κ1) is 15.9. The largest absolute Gasteiger partial charge is 0.384 e. The van der Waals surface area contributed by atoms with E-state index in [4.69, 9.17) is 0 Å². The highest BCUT2D eigenvalue weighted by atomic mass is 32.1. The summed E-state index contributed by atoms with van der Waals surface area (Å²) in [6.45, 7) is 4.46. The van der Waals surface area contributed by atoms with Crippen LogP contribution in [0.5, 0.6) is 0 Å². The Morgan fingerprint density at radius 1 is 1.30 bits per heavy atom. The number of aliphatic hydroxyl groups is 1. The molecule has 0 bridgehead atoms. The first-order valence-electron chi connectivity index (χ1n) is 7.63. The SMILES string of the molecule is C[C@@H](NC[C@@](C)(O)c1ccsc1)c1ccc(-n2ccnc2)cc1. The maximum atomic E-state index is 10.6. The zero-order valence-electron chi connectivity index (χ0n) is 13.3. The predicted octanol–water partition coefficient (Wildman–Crippen LogP) is 3.49. The topological polar surface area (TPSA) is 50.1 Å². The van der Waals surface area contributed by atoms with Crippen molar-refractivity contribution in [3.63, 3.8) is 0 Å². The molecule has 0 aliphatic carbocycles. The quantitative estimate of drug-likeness (QED) is 0.728. The number of rotatable bonds is 6. The van der Waals surface area contributed by atoms with Gasteiger partial charge in [-0.3, -0.25) is 0 Å². The van der Waals surface area contributed by atoms with Gasteiger partial charge >= 0.3 is 0 Å². The molecule has 0 aliphatic rings. The van der Waals surface area contributed by atoms with Crippen molar-refractivity contribution in [2.24, 2.45) is 0 Å². The Morgan fingerprint density at radius 3 is 2.70 bits per heavy atom. The summed E-state index contributed by atoms with van der Waals surface area (Å²) in [4.78, 5) is 4.06. The number of aromatic nitrogens is 2. The third-order valence-corrected chi connectivity index (χ3v) is 4.77. The average Bonchev–Trinajstić information content (AvgIpc) is 3.26. The molecule has 0 saturated carbocycles. The molecule has 3 rings (SSSR count). The fourth-order valence-corrected chi connectivity index (χ4v) is 3.27. The molecule has 120 valence electrons. The maximum Gasteiger partial charge on any atom is 0.100 e. The number of thiophene rings is 1. The average molecular weight is 327 g/mol. The monoisotopic (exact) mass is 327 g/mol. The van der Waals surface area contributed by atoms with Crippen molar-refractivity contribution in [1.82, 2.24) is 14.9 Å². The first-order valence-corrected chi connectivity index (χ1v) is 8.57. The van der Waals surface area contributed by atoms with Crippen LogP contribution in [0.25, 0.3) is 5.69 Å². The summed E-state index contributed by atoms with van der Waals surface area (Å²) < 4.78 is 1.98. The van der Waals surface area contributed by atoms with E-state index in [1.807, 2.05) is 34.5 Å². The van der Waals surface area contributed by atoms with Gasteiger partial charge in [-0.1, -0.05) is 12.1 Å². The van der Waals surface area contributed by atoms with Crippen LogP contribution in [0.4, 0.5) is 0 Å². The van der Waals surface area contributed by atoms with E-state index >= 15 is 0 Å². The highest BCUT2D eigenvalue weighted by Gasteiger charge is 2.24. The minimum Gasteiger partial charge on any atom is -0.384 e. The molecule has 1 aromatic carbocycles. The Balaban J connectivity index is 1.63. The van der Waals surface area contributed by atoms with Crippen molar-refractivity contribution in [2.75, 3.05) is 6.54 Å². The Hall–Kier alpha value is -1.95. The molecular weight excluding hydrogens is 306 g/mol. The van der Waals surface area contributed by atoms with Gasteiger partial charge in [0.1, 0.15) is 5.60 Å². The second kappa shape index (κ2) is 6.66. The highest BCUT2D eigenvalue weighted by molar-refractivity contribution is 7.08. The Bertz CT molecular complexity index is 718. The van der Waals surface area contributed by atoms with Gasteiger partial charge in [0, 0.05) is 30.7 Å². The van der Waals surface area contributed by atoms with Crippen LogP contribution in [0.3, 0.4) is 0 Å². The molecule has 0 unspecified atom stereocenters. The molecule has 0 spiro atoms. The maximum absolute atomic E-state index is 10.6. The Morgan fingerprint density at radius 2 is 2.09 bits per heavy atom. The number of nitrogens with zero attached hydrogens (tertiary/aromatic N) is 2. The van der Waals surface area contributed by atoms with E-state index in [1.165, 1.54) is 5.56 Å². The van der Waals surface area contributed by atoms with Crippen molar-refractivity contribution >= 4 is 11.3 Å². The molecule has 2 atom stereocenters. The van der Waals surface area contributed by atoms with E-state index in [1.54, 1.807) is 23.9 Å². The van der Waals surface area contributed by atoms with Crippen LogP contribution in [-0.2, 0) is 5.60 Å². The lowest BCUT2D eigenvalue weighted by molar-refractivity contribution is 0.0548. The minimum atomic E-state index is -0.856. The van der Waals surface area contributed by atoms with Gasteiger partial charge in [-0.05, 0) is 53.9 Å². The molecule has 0 radical (unpaired) electrons. The van der Waals surface area contributed by atoms with E-state index in [0.717, 1.165) is 11.3 Å². The second-order valence-corrected chi connectivity index (χ2v) is 6.73. The van der Waals surface area contributed by atoms with Gasteiger partial charge in [0.2, 0.25) is 0 Å². The Labute approximate surface area is 140 Å². The predicted molar refractivity (Wildman–Crippen MR) is 93.9 cm³/mol. The molecule has 23 heavy (non-hydrogen) atoms. The number of imidazole rings is 1. The minimum absolute atomic E-state index is 0.164. The van der Waals surface area contributed by atoms with Gasteiger partial charge < -0.3 is 15.0 Å². The molecule has 0 saturated heterocycles. The van der Waals surface area contributed by atoms with Gasteiger partial charge in [-0.15, -0.1) is 0 Å². The fraction of sp³-hybridized carbons (Fsp3) is 0.278. The zero-order chi connectivity index (χ0) is 16.3. The third-order valence-electron chi connectivity index (χ3n) is 4.09. The number of hydrogen-bond acceptors (Lipinski definition) is 4. The molecule has 0 aliphatic heterocycles. The van der Waals surface area contributed by atoms with Gasteiger partial charge in [-0.25, -0.2) is 4.98 Å². The molecule has 2 aromatic heterocycles. The first-order chi connectivity index (χ1) is 11.1.